The summed E-state index contributed by atoms with van der Waals surface area (Å²) in [6.45, 7) is 0.158. The lowest BCUT2D eigenvalue weighted by Gasteiger charge is -2.19. The molecule has 1 N–H and O–H groups in total. The summed E-state index contributed by atoms with van der Waals surface area (Å²) in [5.74, 6) is 0.652. The zero-order valence-corrected chi connectivity index (χ0v) is 16.4. The molecule has 0 bridgehead atoms. The van der Waals surface area contributed by atoms with Gasteiger partial charge >= 0.3 is 0 Å². The predicted octanol–water partition coefficient (Wildman–Crippen LogP) is 4.30. The summed E-state index contributed by atoms with van der Waals surface area (Å²) in [6, 6.07) is 15.2. The number of nitrogens with zero attached hydrogens (tertiary/aromatic N) is 1. The van der Waals surface area contributed by atoms with Crippen LogP contribution in [0.1, 0.15) is 20.9 Å². The molecule has 142 valence electrons. The van der Waals surface area contributed by atoms with Gasteiger partial charge in [-0.25, -0.2) is 0 Å². The lowest BCUT2D eigenvalue weighted by Crippen LogP contribution is -2.28. The van der Waals surface area contributed by atoms with Crippen LogP contribution in [0.3, 0.4) is 0 Å². The third-order valence-corrected chi connectivity index (χ3v) is 4.66. The first-order valence-corrected chi connectivity index (χ1v) is 9.15. The van der Waals surface area contributed by atoms with Crippen molar-refractivity contribution < 1.29 is 23.5 Å². The maximum absolute atomic E-state index is 12.9. The molecule has 0 aliphatic carbocycles. The van der Waals surface area contributed by atoms with E-state index in [0.717, 1.165) is 0 Å². The summed E-state index contributed by atoms with van der Waals surface area (Å²) in [4.78, 5) is 26.9. The van der Waals surface area contributed by atoms with Gasteiger partial charge in [0.2, 0.25) is 6.79 Å². The molecule has 0 atom stereocenters. The van der Waals surface area contributed by atoms with Crippen molar-refractivity contribution in [3.63, 3.8) is 0 Å². The molecular weight excluding hydrogens is 428 g/mol. The lowest BCUT2D eigenvalue weighted by molar-refractivity contribution is 0.0965. The number of benzene rings is 2. The number of amides is 2. The summed E-state index contributed by atoms with van der Waals surface area (Å²) >= 11 is 3.18. The fourth-order valence-electron chi connectivity index (χ4n) is 2.83. The van der Waals surface area contributed by atoms with E-state index in [-0.39, 0.29) is 24.4 Å². The minimum atomic E-state index is -0.367. The molecule has 3 aromatic rings. The van der Waals surface area contributed by atoms with Crippen LogP contribution in [0.5, 0.6) is 11.5 Å². The predicted molar refractivity (Wildman–Crippen MR) is 106 cm³/mol. The molecule has 0 unspecified atom stereocenters. The number of nitrogens with one attached hydrogen (secondary N) is 1. The van der Waals surface area contributed by atoms with E-state index in [0.29, 0.717) is 33.1 Å². The van der Waals surface area contributed by atoms with Gasteiger partial charge in [-0.1, -0.05) is 12.1 Å². The number of carbonyl (C=O) groups excluding carboxylic acids is 2. The van der Waals surface area contributed by atoms with E-state index in [9.17, 15) is 9.59 Å². The van der Waals surface area contributed by atoms with E-state index in [1.165, 1.54) is 4.90 Å². The average Bonchev–Trinajstić information content (AvgIpc) is 3.35. The highest BCUT2D eigenvalue weighted by Gasteiger charge is 2.22. The van der Waals surface area contributed by atoms with Crippen LogP contribution in [0.25, 0.3) is 0 Å². The molecule has 2 heterocycles. The standard InChI is InChI=1S/C20H15BrN2O5/c1-23(20(25)16-8-9-18(21)28-16)14-5-3-2-4-13(14)19(24)22-12-6-7-15-17(10-12)27-11-26-15/h2-10H,11H2,1H3,(H,22,24). The Morgan fingerprint density at radius 3 is 2.61 bits per heavy atom. The van der Waals surface area contributed by atoms with Crippen LogP contribution < -0.4 is 19.7 Å². The number of halogens is 1. The molecule has 2 aromatic carbocycles. The number of para-hydroxylation sites is 1. The van der Waals surface area contributed by atoms with E-state index < -0.39 is 0 Å². The molecule has 1 aliphatic heterocycles. The number of anilines is 2. The van der Waals surface area contributed by atoms with Gasteiger partial charge in [0, 0.05) is 18.8 Å². The Hall–Kier alpha value is -3.26. The van der Waals surface area contributed by atoms with E-state index in [1.807, 2.05) is 0 Å². The number of fused-ring (bicyclic) bond motifs is 1. The fraction of sp³-hybridized carbons (Fsp3) is 0.100. The second kappa shape index (κ2) is 7.40. The molecule has 4 rings (SSSR count). The van der Waals surface area contributed by atoms with Gasteiger partial charge in [0.05, 0.1) is 11.3 Å². The fourth-order valence-corrected chi connectivity index (χ4v) is 3.14. The monoisotopic (exact) mass is 442 g/mol. The summed E-state index contributed by atoms with van der Waals surface area (Å²) in [6.07, 6.45) is 0. The van der Waals surface area contributed by atoms with Crippen molar-refractivity contribution in [1.29, 1.82) is 0 Å². The molecule has 0 spiro atoms. The Morgan fingerprint density at radius 2 is 1.82 bits per heavy atom. The number of carbonyl (C=O) groups is 2. The quantitative estimate of drug-likeness (QED) is 0.651. The van der Waals surface area contributed by atoms with Crippen molar-refractivity contribution in [3.05, 3.63) is 70.6 Å². The van der Waals surface area contributed by atoms with Gasteiger partial charge in [-0.05, 0) is 52.3 Å². The zero-order chi connectivity index (χ0) is 19.7. The number of hydrogen-bond donors (Lipinski definition) is 1. The topological polar surface area (TPSA) is 81.0 Å². The Bertz CT molecular complexity index is 1060. The van der Waals surface area contributed by atoms with Crippen molar-refractivity contribution in [2.24, 2.45) is 0 Å². The largest absolute Gasteiger partial charge is 0.454 e. The second-order valence-corrected chi connectivity index (χ2v) is 6.79. The van der Waals surface area contributed by atoms with E-state index in [1.54, 1.807) is 61.6 Å². The lowest BCUT2D eigenvalue weighted by atomic mass is 10.1. The molecule has 7 nitrogen and oxygen atoms in total. The first-order valence-electron chi connectivity index (χ1n) is 8.36. The summed E-state index contributed by atoms with van der Waals surface area (Å²) in [5.41, 5.74) is 1.37. The highest BCUT2D eigenvalue weighted by Crippen LogP contribution is 2.34. The Kier molecular flexibility index (Phi) is 4.79. The van der Waals surface area contributed by atoms with Crippen LogP contribution in [0.15, 0.2) is 63.7 Å². The molecule has 2 amide bonds. The van der Waals surface area contributed by atoms with Gasteiger partial charge in [-0.2, -0.15) is 0 Å². The van der Waals surface area contributed by atoms with Crippen molar-refractivity contribution in [1.82, 2.24) is 0 Å². The van der Waals surface area contributed by atoms with Crippen molar-refractivity contribution in [3.8, 4) is 11.5 Å². The van der Waals surface area contributed by atoms with Crippen LogP contribution in [0.2, 0.25) is 0 Å². The first-order chi connectivity index (χ1) is 13.5. The number of rotatable bonds is 4. The van der Waals surface area contributed by atoms with Crippen molar-refractivity contribution >= 4 is 39.1 Å². The van der Waals surface area contributed by atoms with Gasteiger partial charge in [-0.15, -0.1) is 0 Å². The van der Waals surface area contributed by atoms with Gasteiger partial charge in [-0.3, -0.25) is 9.59 Å². The molecule has 8 heteroatoms. The van der Waals surface area contributed by atoms with Crippen LogP contribution in [0, 0.1) is 0 Å². The SMILES string of the molecule is CN(C(=O)c1ccc(Br)o1)c1ccccc1C(=O)Nc1ccc2c(c1)OCO2. The molecular formula is C20H15BrN2O5. The van der Waals surface area contributed by atoms with Gasteiger partial charge in [0.25, 0.3) is 11.8 Å². The smallest absolute Gasteiger partial charge is 0.293 e. The van der Waals surface area contributed by atoms with Crippen LogP contribution in [0.4, 0.5) is 11.4 Å². The maximum atomic E-state index is 12.9. The first kappa shape index (κ1) is 18.1. The van der Waals surface area contributed by atoms with Gasteiger partial charge in [0.1, 0.15) is 0 Å². The maximum Gasteiger partial charge on any atom is 0.293 e. The molecule has 1 aliphatic rings. The van der Waals surface area contributed by atoms with E-state index in [2.05, 4.69) is 21.2 Å². The van der Waals surface area contributed by atoms with Crippen LogP contribution >= 0.6 is 15.9 Å². The summed E-state index contributed by atoms with van der Waals surface area (Å²) in [7, 11) is 1.59. The Morgan fingerprint density at radius 1 is 1.04 bits per heavy atom. The highest BCUT2D eigenvalue weighted by atomic mass is 79.9. The third kappa shape index (κ3) is 3.46. The minimum absolute atomic E-state index is 0.158. The van der Waals surface area contributed by atoms with E-state index in [4.69, 9.17) is 13.9 Å². The van der Waals surface area contributed by atoms with Crippen molar-refractivity contribution in [2.45, 2.75) is 0 Å². The molecule has 0 radical (unpaired) electrons. The van der Waals surface area contributed by atoms with Gasteiger partial charge in [0.15, 0.2) is 21.9 Å². The second-order valence-electron chi connectivity index (χ2n) is 6.01. The van der Waals surface area contributed by atoms with Gasteiger partial charge < -0.3 is 24.1 Å². The third-order valence-electron chi connectivity index (χ3n) is 4.23. The zero-order valence-electron chi connectivity index (χ0n) is 14.8. The number of furan rings is 1. The Balaban J connectivity index is 1.58. The van der Waals surface area contributed by atoms with Crippen LogP contribution in [-0.4, -0.2) is 25.7 Å². The molecule has 1 aromatic heterocycles. The normalized spacial score (nSPS) is 11.9. The summed E-state index contributed by atoms with van der Waals surface area (Å²) in [5, 5.41) is 2.82. The van der Waals surface area contributed by atoms with Crippen molar-refractivity contribution in [2.75, 3.05) is 24.1 Å². The summed E-state index contributed by atoms with van der Waals surface area (Å²) < 4.78 is 16.4. The highest BCUT2D eigenvalue weighted by molar-refractivity contribution is 9.10. The Labute approximate surface area is 169 Å². The average molecular weight is 443 g/mol. The number of ether oxygens (including phenoxy) is 2. The molecule has 0 saturated carbocycles. The van der Waals surface area contributed by atoms with E-state index >= 15 is 0 Å². The minimum Gasteiger partial charge on any atom is -0.454 e. The molecule has 0 fully saturated rings. The molecule has 0 saturated heterocycles. The van der Waals surface area contributed by atoms with Crippen LogP contribution in [-0.2, 0) is 0 Å². The number of hydrogen-bond acceptors (Lipinski definition) is 5. The molecule has 28 heavy (non-hydrogen) atoms.